The van der Waals surface area contributed by atoms with Crippen LogP contribution in [-0.2, 0) is 9.78 Å². The van der Waals surface area contributed by atoms with Gasteiger partial charge in [0.2, 0.25) is 0 Å². The second-order valence-electron chi connectivity index (χ2n) is 1.48. The molecule has 0 radical (unpaired) electrons. The zero-order valence-electron chi connectivity index (χ0n) is 4.31. The van der Waals surface area contributed by atoms with E-state index in [0.29, 0.717) is 5.95 Å². The molecule has 7 heavy (non-hydrogen) atoms. The highest BCUT2D eigenvalue weighted by atomic mass is 17.4. The first-order valence-corrected chi connectivity index (χ1v) is 2.48. The van der Waals surface area contributed by atoms with Crippen molar-refractivity contribution in [3.63, 3.8) is 0 Å². The molecular weight excluding hydrogens is 92.1 g/mol. The highest BCUT2D eigenvalue weighted by Gasteiger charge is 2.15. The van der Waals surface area contributed by atoms with Crippen molar-refractivity contribution < 1.29 is 9.78 Å². The van der Waals surface area contributed by atoms with Crippen molar-refractivity contribution in [2.24, 2.45) is 0 Å². The summed E-state index contributed by atoms with van der Waals surface area (Å²) in [6.07, 6.45) is 4.13. The number of rotatable bonds is 2. The van der Waals surface area contributed by atoms with Crippen LogP contribution in [-0.4, -0.2) is 0 Å². The molecule has 0 spiro atoms. The summed E-state index contributed by atoms with van der Waals surface area (Å²) in [4.78, 5) is 8.74. The monoisotopic (exact) mass is 100 g/mol. The van der Waals surface area contributed by atoms with Crippen molar-refractivity contribution in [2.45, 2.75) is 19.8 Å². The fraction of sp³-hybridized carbons (Fsp3) is 0.600. The molecule has 0 bridgehead atoms. The fourth-order valence-corrected chi connectivity index (χ4v) is 0.354. The molecule has 1 aliphatic heterocycles. The van der Waals surface area contributed by atoms with E-state index < -0.39 is 0 Å². The molecule has 0 amide bonds. The summed E-state index contributed by atoms with van der Waals surface area (Å²) in [7, 11) is 0. The zero-order valence-corrected chi connectivity index (χ0v) is 4.31. The number of allylic oxidation sites excluding steroid dienone is 1. The second kappa shape index (κ2) is 1.87. The van der Waals surface area contributed by atoms with Gasteiger partial charge in [0.1, 0.15) is 0 Å². The van der Waals surface area contributed by atoms with Gasteiger partial charge in [0, 0.05) is 6.08 Å². The Morgan fingerprint density at radius 2 is 2.29 bits per heavy atom. The topological polar surface area (TPSA) is 25.1 Å². The van der Waals surface area contributed by atoms with E-state index in [1.165, 1.54) is 0 Å². The third-order valence-corrected chi connectivity index (χ3v) is 0.779. The molecule has 1 rings (SSSR count). The van der Waals surface area contributed by atoms with Crippen LogP contribution in [0.2, 0.25) is 0 Å². The van der Waals surface area contributed by atoms with Gasteiger partial charge in [-0.15, -0.1) is 0 Å². The summed E-state index contributed by atoms with van der Waals surface area (Å²) in [5, 5.41) is 0. The van der Waals surface area contributed by atoms with E-state index >= 15 is 0 Å². The smallest absolute Gasteiger partial charge is 0.243 e. The molecule has 1 saturated heterocycles. The maximum absolute atomic E-state index is 4.37. The Bertz CT molecular complexity index is 80.1. The van der Waals surface area contributed by atoms with Crippen LogP contribution in [0.25, 0.3) is 0 Å². The molecule has 0 aromatic carbocycles. The van der Waals surface area contributed by atoms with Gasteiger partial charge in [0.05, 0.1) is 0 Å². The SMILES string of the molecule is CCCC=C1OO1. The van der Waals surface area contributed by atoms with Crippen molar-refractivity contribution in [2.75, 3.05) is 0 Å². The van der Waals surface area contributed by atoms with Gasteiger partial charge in [-0.3, -0.25) is 0 Å². The molecule has 0 unspecified atom stereocenters. The quantitative estimate of drug-likeness (QED) is 0.389. The molecule has 0 aliphatic carbocycles. The molecule has 2 heteroatoms. The third-order valence-electron chi connectivity index (χ3n) is 0.779. The maximum Gasteiger partial charge on any atom is 0.375 e. The van der Waals surface area contributed by atoms with Gasteiger partial charge in [0.25, 0.3) is 0 Å². The van der Waals surface area contributed by atoms with E-state index in [1.54, 1.807) is 0 Å². The van der Waals surface area contributed by atoms with Gasteiger partial charge in [-0.1, -0.05) is 13.3 Å². The first kappa shape index (κ1) is 4.50. The van der Waals surface area contributed by atoms with Gasteiger partial charge in [-0.05, 0) is 6.42 Å². The summed E-state index contributed by atoms with van der Waals surface area (Å²) in [5.41, 5.74) is 0. The minimum atomic E-state index is 0.682. The normalized spacial score (nSPS) is 14.7. The van der Waals surface area contributed by atoms with Crippen molar-refractivity contribution in [3.8, 4) is 0 Å². The van der Waals surface area contributed by atoms with Crippen molar-refractivity contribution in [1.29, 1.82) is 0 Å². The molecule has 0 aromatic rings. The standard InChI is InChI=1S/C5H8O2/c1-2-3-4-5-6-7-5/h4H,2-3H2,1H3. The number of hydrogen-bond donors (Lipinski definition) is 0. The third kappa shape index (κ3) is 1.48. The van der Waals surface area contributed by atoms with Crippen molar-refractivity contribution >= 4 is 0 Å². The summed E-state index contributed by atoms with van der Waals surface area (Å²) in [6, 6.07) is 0. The Labute approximate surface area is 42.7 Å². The summed E-state index contributed by atoms with van der Waals surface area (Å²) in [6.45, 7) is 2.11. The molecular formula is C5H8O2. The van der Waals surface area contributed by atoms with E-state index in [9.17, 15) is 0 Å². The lowest BCUT2D eigenvalue weighted by molar-refractivity contribution is 0.0850. The number of hydrogen-bond acceptors (Lipinski definition) is 2. The molecule has 1 heterocycles. The predicted octanol–water partition coefficient (Wildman–Crippen LogP) is 1.59. The molecule has 0 aromatic heterocycles. The van der Waals surface area contributed by atoms with Crippen LogP contribution in [0.5, 0.6) is 0 Å². The molecule has 40 valence electrons. The Balaban J connectivity index is 2.07. The minimum absolute atomic E-state index is 0.682. The highest BCUT2D eigenvalue weighted by molar-refractivity contribution is 4.86. The first-order valence-electron chi connectivity index (χ1n) is 2.48. The molecule has 0 N–H and O–H groups in total. The summed E-state index contributed by atoms with van der Waals surface area (Å²) in [5.74, 6) is 0.682. The van der Waals surface area contributed by atoms with Crippen molar-refractivity contribution in [3.05, 3.63) is 12.0 Å². The molecule has 2 nitrogen and oxygen atoms in total. The van der Waals surface area contributed by atoms with Crippen LogP contribution >= 0.6 is 0 Å². The largest absolute Gasteiger partial charge is 0.375 e. The summed E-state index contributed by atoms with van der Waals surface area (Å²) >= 11 is 0. The van der Waals surface area contributed by atoms with Gasteiger partial charge in [0.15, 0.2) is 0 Å². The predicted molar refractivity (Wildman–Crippen MR) is 25.2 cm³/mol. The Morgan fingerprint density at radius 1 is 1.57 bits per heavy atom. The molecule has 0 atom stereocenters. The molecule has 1 aliphatic rings. The van der Waals surface area contributed by atoms with E-state index in [2.05, 4.69) is 16.7 Å². The number of unbranched alkanes of at least 4 members (excludes halogenated alkanes) is 1. The van der Waals surface area contributed by atoms with Crippen LogP contribution in [0, 0.1) is 0 Å². The van der Waals surface area contributed by atoms with Gasteiger partial charge in [-0.2, -0.15) is 0 Å². The van der Waals surface area contributed by atoms with E-state index in [1.807, 2.05) is 6.08 Å². The fourth-order valence-electron chi connectivity index (χ4n) is 0.354. The van der Waals surface area contributed by atoms with Crippen LogP contribution in [0.1, 0.15) is 19.8 Å². The Morgan fingerprint density at radius 3 is 2.71 bits per heavy atom. The lowest BCUT2D eigenvalue weighted by Crippen LogP contribution is -1.57. The van der Waals surface area contributed by atoms with E-state index in [4.69, 9.17) is 0 Å². The average molecular weight is 100 g/mol. The summed E-state index contributed by atoms with van der Waals surface area (Å²) < 4.78 is 0. The Kier molecular flexibility index (Phi) is 1.20. The lowest BCUT2D eigenvalue weighted by Gasteiger charge is -1.72. The maximum atomic E-state index is 4.37. The first-order chi connectivity index (χ1) is 3.43. The highest BCUT2D eigenvalue weighted by Crippen LogP contribution is 2.17. The van der Waals surface area contributed by atoms with Crippen LogP contribution in [0.3, 0.4) is 0 Å². The van der Waals surface area contributed by atoms with Gasteiger partial charge in [-0.25, -0.2) is 9.78 Å². The van der Waals surface area contributed by atoms with Gasteiger partial charge >= 0.3 is 5.95 Å². The van der Waals surface area contributed by atoms with Crippen molar-refractivity contribution in [1.82, 2.24) is 0 Å². The van der Waals surface area contributed by atoms with Crippen LogP contribution in [0.4, 0.5) is 0 Å². The second-order valence-corrected chi connectivity index (χ2v) is 1.48. The molecule has 0 saturated carbocycles. The Hall–Kier alpha value is -0.660. The average Bonchev–Trinajstić information content (AvgIpc) is 2.42. The zero-order chi connectivity index (χ0) is 5.11. The van der Waals surface area contributed by atoms with Gasteiger partial charge < -0.3 is 0 Å². The van der Waals surface area contributed by atoms with E-state index in [0.717, 1.165) is 12.8 Å². The lowest BCUT2D eigenvalue weighted by atomic mass is 10.3. The van der Waals surface area contributed by atoms with E-state index in [-0.39, 0.29) is 0 Å². The van der Waals surface area contributed by atoms with Crippen LogP contribution in [0.15, 0.2) is 12.0 Å². The molecule has 1 fully saturated rings. The van der Waals surface area contributed by atoms with Crippen LogP contribution < -0.4 is 0 Å². The minimum Gasteiger partial charge on any atom is -0.243 e.